The molecule has 0 saturated carbocycles. The molecule has 0 fully saturated rings. The Hall–Kier alpha value is -0.790. The first-order chi connectivity index (χ1) is 5.20. The summed E-state index contributed by atoms with van der Waals surface area (Å²) < 4.78 is 0. The summed E-state index contributed by atoms with van der Waals surface area (Å²) in [5.74, 6) is 0.788. The number of ketones is 1. The normalized spacial score (nSPS) is 29.6. The summed E-state index contributed by atoms with van der Waals surface area (Å²) in [6, 6.07) is 0.448. The van der Waals surface area contributed by atoms with Crippen LogP contribution in [0, 0.1) is 5.92 Å². The van der Waals surface area contributed by atoms with E-state index >= 15 is 0 Å². The van der Waals surface area contributed by atoms with Crippen molar-refractivity contribution < 1.29 is 4.79 Å². The Labute approximate surface area is 67.7 Å². The van der Waals surface area contributed by atoms with E-state index in [4.69, 9.17) is 0 Å². The summed E-state index contributed by atoms with van der Waals surface area (Å²) in [6.45, 7) is 3.78. The van der Waals surface area contributed by atoms with E-state index in [0.29, 0.717) is 24.2 Å². The zero-order chi connectivity index (χ0) is 8.27. The molecule has 62 valence electrons. The lowest BCUT2D eigenvalue weighted by molar-refractivity contribution is -0.118. The van der Waals surface area contributed by atoms with E-state index < -0.39 is 0 Å². The Morgan fingerprint density at radius 1 is 1.73 bits per heavy atom. The highest BCUT2D eigenvalue weighted by Crippen LogP contribution is 2.17. The Balaban J connectivity index is 2.44. The third-order valence-corrected chi connectivity index (χ3v) is 2.17. The standard InChI is InChI=1S/C9H15NO/c1-7(11)6-9-4-3-5-10-8(9)2/h3,5,8-10H,4,6H2,1-2H3. The van der Waals surface area contributed by atoms with Gasteiger partial charge in [0.2, 0.25) is 0 Å². The van der Waals surface area contributed by atoms with Crippen LogP contribution in [0.15, 0.2) is 12.3 Å². The molecule has 1 aliphatic rings. The SMILES string of the molecule is CC(=O)CC1CC=CNC1C. The Morgan fingerprint density at radius 2 is 2.45 bits per heavy atom. The highest BCUT2D eigenvalue weighted by Gasteiger charge is 2.18. The highest BCUT2D eigenvalue weighted by atomic mass is 16.1. The van der Waals surface area contributed by atoms with Gasteiger partial charge < -0.3 is 10.1 Å². The number of hydrogen-bond acceptors (Lipinski definition) is 2. The van der Waals surface area contributed by atoms with Crippen LogP contribution < -0.4 is 5.32 Å². The quantitative estimate of drug-likeness (QED) is 0.651. The van der Waals surface area contributed by atoms with Gasteiger partial charge >= 0.3 is 0 Å². The van der Waals surface area contributed by atoms with Crippen LogP contribution in [-0.4, -0.2) is 11.8 Å². The van der Waals surface area contributed by atoms with Gasteiger partial charge in [-0.25, -0.2) is 0 Å². The molecule has 0 amide bonds. The largest absolute Gasteiger partial charge is 0.388 e. The molecule has 0 bridgehead atoms. The molecular weight excluding hydrogens is 138 g/mol. The van der Waals surface area contributed by atoms with E-state index in [9.17, 15) is 4.79 Å². The zero-order valence-corrected chi connectivity index (χ0v) is 7.13. The smallest absolute Gasteiger partial charge is 0.130 e. The van der Waals surface area contributed by atoms with Crippen molar-refractivity contribution in [2.75, 3.05) is 0 Å². The summed E-state index contributed by atoms with van der Waals surface area (Å²) in [4.78, 5) is 10.8. The summed E-state index contributed by atoms with van der Waals surface area (Å²) in [5, 5.41) is 3.20. The fourth-order valence-corrected chi connectivity index (χ4v) is 1.43. The van der Waals surface area contributed by atoms with Crippen LogP contribution in [0.25, 0.3) is 0 Å². The number of rotatable bonds is 2. The first-order valence-electron chi connectivity index (χ1n) is 4.10. The average molecular weight is 153 g/mol. The maximum Gasteiger partial charge on any atom is 0.130 e. The van der Waals surface area contributed by atoms with Crippen molar-refractivity contribution in [1.82, 2.24) is 5.32 Å². The minimum atomic E-state index is 0.291. The molecule has 2 heteroatoms. The molecule has 0 aromatic rings. The molecule has 1 aliphatic heterocycles. The second kappa shape index (κ2) is 3.56. The van der Waals surface area contributed by atoms with Gasteiger partial charge in [-0.2, -0.15) is 0 Å². The number of carbonyl (C=O) groups is 1. The predicted octanol–water partition coefficient (Wildman–Crippen LogP) is 1.48. The number of carbonyl (C=O) groups excluding carboxylic acids is 1. The molecular formula is C9H15NO. The van der Waals surface area contributed by atoms with Crippen molar-refractivity contribution in [3.63, 3.8) is 0 Å². The summed E-state index contributed by atoms with van der Waals surface area (Å²) in [7, 11) is 0. The van der Waals surface area contributed by atoms with Gasteiger partial charge in [-0.3, -0.25) is 0 Å². The molecule has 11 heavy (non-hydrogen) atoms. The van der Waals surface area contributed by atoms with Crippen molar-refractivity contribution in [2.24, 2.45) is 5.92 Å². The van der Waals surface area contributed by atoms with Crippen LogP contribution in [0.1, 0.15) is 26.7 Å². The predicted molar refractivity (Wildman–Crippen MR) is 45.1 cm³/mol. The van der Waals surface area contributed by atoms with Crippen LogP contribution >= 0.6 is 0 Å². The van der Waals surface area contributed by atoms with Gasteiger partial charge in [0.1, 0.15) is 5.78 Å². The zero-order valence-electron chi connectivity index (χ0n) is 7.13. The molecule has 0 radical (unpaired) electrons. The lowest BCUT2D eigenvalue weighted by atomic mass is 9.90. The minimum absolute atomic E-state index is 0.291. The topological polar surface area (TPSA) is 29.1 Å². The van der Waals surface area contributed by atoms with Gasteiger partial charge in [0.25, 0.3) is 0 Å². The van der Waals surface area contributed by atoms with E-state index in [1.165, 1.54) is 0 Å². The van der Waals surface area contributed by atoms with Gasteiger partial charge in [0, 0.05) is 12.5 Å². The Kier molecular flexibility index (Phi) is 2.69. The second-order valence-corrected chi connectivity index (χ2v) is 3.26. The van der Waals surface area contributed by atoms with Crippen molar-refractivity contribution in [3.8, 4) is 0 Å². The van der Waals surface area contributed by atoms with Crippen molar-refractivity contribution >= 4 is 5.78 Å². The molecule has 2 unspecified atom stereocenters. The molecule has 1 N–H and O–H groups in total. The van der Waals surface area contributed by atoms with Crippen LogP contribution in [0.3, 0.4) is 0 Å². The third-order valence-electron chi connectivity index (χ3n) is 2.17. The van der Waals surface area contributed by atoms with Crippen LogP contribution in [0.5, 0.6) is 0 Å². The molecule has 0 aromatic heterocycles. The van der Waals surface area contributed by atoms with Gasteiger partial charge in [-0.15, -0.1) is 0 Å². The molecule has 1 rings (SSSR count). The molecule has 0 aromatic carbocycles. The Bertz CT molecular complexity index is 174. The van der Waals surface area contributed by atoms with Gasteiger partial charge in [0.05, 0.1) is 0 Å². The van der Waals surface area contributed by atoms with Crippen molar-refractivity contribution in [3.05, 3.63) is 12.3 Å². The average Bonchev–Trinajstić information content (AvgIpc) is 1.93. The monoisotopic (exact) mass is 153 g/mol. The molecule has 2 atom stereocenters. The van der Waals surface area contributed by atoms with Crippen LogP contribution in [0.4, 0.5) is 0 Å². The number of hydrogen-bond donors (Lipinski definition) is 1. The minimum Gasteiger partial charge on any atom is -0.388 e. The number of nitrogens with one attached hydrogen (secondary N) is 1. The molecule has 2 nitrogen and oxygen atoms in total. The maximum atomic E-state index is 10.8. The number of allylic oxidation sites excluding steroid dienone is 1. The fourth-order valence-electron chi connectivity index (χ4n) is 1.43. The summed E-state index contributed by atoms with van der Waals surface area (Å²) in [5.41, 5.74) is 0. The lowest BCUT2D eigenvalue weighted by Crippen LogP contribution is -2.33. The maximum absolute atomic E-state index is 10.8. The fraction of sp³-hybridized carbons (Fsp3) is 0.667. The van der Waals surface area contributed by atoms with Gasteiger partial charge in [-0.05, 0) is 32.4 Å². The van der Waals surface area contributed by atoms with E-state index in [1.54, 1.807) is 6.92 Å². The van der Waals surface area contributed by atoms with Crippen molar-refractivity contribution in [1.29, 1.82) is 0 Å². The van der Waals surface area contributed by atoms with Crippen LogP contribution in [0.2, 0.25) is 0 Å². The number of Topliss-reactive ketones (excluding diaryl/α,β-unsaturated/α-hetero) is 1. The van der Waals surface area contributed by atoms with Crippen LogP contribution in [-0.2, 0) is 4.79 Å². The molecule has 0 saturated heterocycles. The van der Waals surface area contributed by atoms with E-state index in [-0.39, 0.29) is 0 Å². The van der Waals surface area contributed by atoms with E-state index in [2.05, 4.69) is 18.3 Å². The highest BCUT2D eigenvalue weighted by molar-refractivity contribution is 5.75. The van der Waals surface area contributed by atoms with E-state index in [0.717, 1.165) is 6.42 Å². The Morgan fingerprint density at radius 3 is 3.00 bits per heavy atom. The van der Waals surface area contributed by atoms with E-state index in [1.807, 2.05) is 6.20 Å². The lowest BCUT2D eigenvalue weighted by Gasteiger charge is -2.25. The molecule has 0 aliphatic carbocycles. The van der Waals surface area contributed by atoms with Crippen molar-refractivity contribution in [2.45, 2.75) is 32.7 Å². The molecule has 1 heterocycles. The summed E-state index contributed by atoms with van der Waals surface area (Å²) in [6.07, 6.45) is 5.81. The first kappa shape index (κ1) is 8.31. The summed E-state index contributed by atoms with van der Waals surface area (Å²) >= 11 is 0. The van der Waals surface area contributed by atoms with Gasteiger partial charge in [0.15, 0.2) is 0 Å². The third kappa shape index (κ3) is 2.37. The molecule has 0 spiro atoms. The van der Waals surface area contributed by atoms with Gasteiger partial charge in [-0.1, -0.05) is 6.08 Å². The second-order valence-electron chi connectivity index (χ2n) is 3.26. The first-order valence-corrected chi connectivity index (χ1v) is 4.10.